The Balaban J connectivity index is 1.30. The van der Waals surface area contributed by atoms with E-state index in [-0.39, 0.29) is 23.8 Å². The third-order valence-electron chi connectivity index (χ3n) is 8.47. The van der Waals surface area contributed by atoms with Gasteiger partial charge in [-0.2, -0.15) is 5.26 Å². The number of hydrogen-bond donors (Lipinski definition) is 3. The number of nitrogens with zero attached hydrogens (tertiary/aromatic N) is 4. The molecule has 3 N–H and O–H groups in total. The summed E-state index contributed by atoms with van der Waals surface area (Å²) in [5.41, 5.74) is 4.14. The maximum absolute atomic E-state index is 12.5. The van der Waals surface area contributed by atoms with Gasteiger partial charge in [-0.1, -0.05) is 24.3 Å². The molecule has 1 aromatic carbocycles. The minimum absolute atomic E-state index is 0.0304. The van der Waals surface area contributed by atoms with Gasteiger partial charge in [0.2, 0.25) is 0 Å². The number of aliphatic hydroxyl groups excluding tert-OH is 1. The predicted octanol–water partition coefficient (Wildman–Crippen LogP) is 4.03. The second-order valence-electron chi connectivity index (χ2n) is 11.8. The van der Waals surface area contributed by atoms with E-state index in [0.29, 0.717) is 61.8 Å². The number of halogens is 1. The zero-order valence-corrected chi connectivity index (χ0v) is 24.9. The van der Waals surface area contributed by atoms with Gasteiger partial charge in [-0.15, -0.1) is 11.6 Å². The molecule has 0 radical (unpaired) electrons. The zero-order valence-electron chi connectivity index (χ0n) is 24.2. The van der Waals surface area contributed by atoms with Crippen molar-refractivity contribution in [3.8, 4) is 6.07 Å². The monoisotopic (exact) mass is 589 g/mol. The minimum Gasteiger partial charge on any atom is -0.395 e. The topological polar surface area (TPSA) is 113 Å². The predicted molar refractivity (Wildman–Crippen MR) is 163 cm³/mol. The number of β-amino-alcohol motifs (C(OH)–C–C–N with tert-alkyl or cyclic N) is 1. The fraction of sp³-hybridized carbons (Fsp3) is 0.485. The SMILES string of the molecule is C[C@@](O)(CN1CCN(C2=CC=C(C#N)CC2Cl)[C@H](c2ccc(C3CC3)cc2)C1)c1ccc(C(=O)CCNCCO)cn1. The number of Topliss-reactive ketones (excluding diaryl/α,β-unsaturated/α-hetero) is 1. The van der Waals surface area contributed by atoms with Gasteiger partial charge in [-0.3, -0.25) is 14.7 Å². The Morgan fingerprint density at radius 1 is 1.14 bits per heavy atom. The first-order valence-electron chi connectivity index (χ1n) is 14.9. The van der Waals surface area contributed by atoms with Crippen LogP contribution in [0.3, 0.4) is 0 Å². The van der Waals surface area contributed by atoms with Crippen LogP contribution in [0.2, 0.25) is 0 Å². The molecule has 1 aliphatic heterocycles. The molecule has 0 bridgehead atoms. The summed E-state index contributed by atoms with van der Waals surface area (Å²) in [4.78, 5) is 21.6. The molecule has 1 saturated heterocycles. The summed E-state index contributed by atoms with van der Waals surface area (Å²) < 4.78 is 0. The number of hydrogen-bond acceptors (Lipinski definition) is 8. The lowest BCUT2D eigenvalue weighted by atomic mass is 9.94. The van der Waals surface area contributed by atoms with E-state index in [4.69, 9.17) is 16.7 Å². The van der Waals surface area contributed by atoms with E-state index in [2.05, 4.69) is 50.4 Å². The number of nitriles is 1. The molecule has 3 atom stereocenters. The van der Waals surface area contributed by atoms with Gasteiger partial charge in [0.15, 0.2) is 5.78 Å². The molecule has 2 aromatic rings. The number of alkyl halides is 1. The highest BCUT2D eigenvalue weighted by atomic mass is 35.5. The van der Waals surface area contributed by atoms with E-state index >= 15 is 0 Å². The molecule has 3 aliphatic rings. The Morgan fingerprint density at radius 2 is 1.90 bits per heavy atom. The van der Waals surface area contributed by atoms with Crippen LogP contribution in [-0.4, -0.2) is 82.0 Å². The number of nitrogens with one attached hydrogen (secondary N) is 1. The maximum Gasteiger partial charge on any atom is 0.165 e. The fourth-order valence-corrected chi connectivity index (χ4v) is 6.31. The van der Waals surface area contributed by atoms with Crippen LogP contribution in [0, 0.1) is 11.3 Å². The highest BCUT2D eigenvalue weighted by Crippen LogP contribution is 2.41. The van der Waals surface area contributed by atoms with Crippen LogP contribution in [-0.2, 0) is 5.60 Å². The number of carbonyl (C=O) groups excluding carboxylic acids is 1. The zero-order chi connectivity index (χ0) is 29.7. The molecule has 2 aliphatic carbocycles. The fourth-order valence-electron chi connectivity index (χ4n) is 5.94. The third-order valence-corrected chi connectivity index (χ3v) is 8.85. The van der Waals surface area contributed by atoms with E-state index < -0.39 is 5.60 Å². The van der Waals surface area contributed by atoms with Crippen LogP contribution in [0.15, 0.2) is 66.0 Å². The van der Waals surface area contributed by atoms with Gasteiger partial charge in [-0.25, -0.2) is 0 Å². The molecule has 0 amide bonds. The number of piperazine rings is 1. The highest BCUT2D eigenvalue weighted by Gasteiger charge is 2.36. The lowest BCUT2D eigenvalue weighted by molar-refractivity contribution is -0.0112. The number of ketones is 1. The molecule has 42 heavy (non-hydrogen) atoms. The number of carbonyl (C=O) groups is 1. The van der Waals surface area contributed by atoms with E-state index in [1.165, 1.54) is 24.0 Å². The van der Waals surface area contributed by atoms with Crippen molar-refractivity contribution in [3.05, 3.63) is 88.4 Å². The van der Waals surface area contributed by atoms with E-state index in [9.17, 15) is 15.2 Å². The summed E-state index contributed by atoms with van der Waals surface area (Å²) in [5.74, 6) is 0.658. The van der Waals surface area contributed by atoms with Crippen molar-refractivity contribution >= 4 is 17.4 Å². The molecule has 1 saturated carbocycles. The standard InChI is InChI=1S/C33H40ClN5O3/c1-33(42,32-11-9-27(20-37-32)31(41)12-13-36-14-17-40)22-38-15-16-39(29-10-2-23(19-35)18-28(29)34)30(21-38)26-7-5-25(6-8-26)24-3-4-24/h2,5-11,20,24,28,30,36,40,42H,3-4,12-18,21-22H2,1H3/t28?,30-,33+/m0/s1. The van der Waals surface area contributed by atoms with Crippen molar-refractivity contribution < 1.29 is 15.0 Å². The molecule has 1 unspecified atom stereocenters. The van der Waals surface area contributed by atoms with E-state index in [1.807, 2.05) is 12.2 Å². The van der Waals surface area contributed by atoms with E-state index in [1.54, 1.807) is 25.3 Å². The summed E-state index contributed by atoms with van der Waals surface area (Å²) in [6.07, 6.45) is 8.78. The average molecular weight is 590 g/mol. The minimum atomic E-state index is -1.21. The number of allylic oxidation sites excluding steroid dienone is 4. The Labute approximate surface area is 253 Å². The van der Waals surface area contributed by atoms with Gasteiger partial charge in [0.25, 0.3) is 0 Å². The smallest absolute Gasteiger partial charge is 0.165 e. The third kappa shape index (κ3) is 7.28. The second kappa shape index (κ2) is 13.5. The van der Waals surface area contributed by atoms with Crippen LogP contribution >= 0.6 is 11.6 Å². The first-order chi connectivity index (χ1) is 20.3. The quantitative estimate of drug-likeness (QED) is 0.193. The lowest BCUT2D eigenvalue weighted by Crippen LogP contribution is -2.52. The molecule has 222 valence electrons. The number of rotatable bonds is 12. The van der Waals surface area contributed by atoms with Gasteiger partial charge in [-0.05, 0) is 61.1 Å². The van der Waals surface area contributed by atoms with Gasteiger partial charge in [0, 0.05) is 75.1 Å². The first-order valence-corrected chi connectivity index (χ1v) is 15.3. The molecule has 2 fully saturated rings. The van der Waals surface area contributed by atoms with Crippen molar-refractivity contribution in [1.29, 1.82) is 5.26 Å². The Morgan fingerprint density at radius 3 is 2.55 bits per heavy atom. The van der Waals surface area contributed by atoms with E-state index in [0.717, 1.165) is 18.8 Å². The van der Waals surface area contributed by atoms with Gasteiger partial charge in [0.05, 0.1) is 29.8 Å². The Bertz CT molecular complexity index is 1350. The summed E-state index contributed by atoms with van der Waals surface area (Å²) in [5, 5.41) is 32.5. The second-order valence-corrected chi connectivity index (χ2v) is 12.3. The lowest BCUT2D eigenvalue weighted by Gasteiger charge is -2.46. The van der Waals surface area contributed by atoms with Gasteiger partial charge in [0.1, 0.15) is 5.60 Å². The van der Waals surface area contributed by atoms with Crippen LogP contribution < -0.4 is 5.32 Å². The van der Waals surface area contributed by atoms with Gasteiger partial charge >= 0.3 is 0 Å². The normalized spacial score (nSPS) is 22.6. The molecule has 2 heterocycles. The Kier molecular flexibility index (Phi) is 9.77. The molecular weight excluding hydrogens is 550 g/mol. The molecular formula is C33H40ClN5O3. The van der Waals surface area contributed by atoms with Crippen molar-refractivity contribution in [2.75, 3.05) is 45.9 Å². The van der Waals surface area contributed by atoms with Crippen LogP contribution in [0.1, 0.15) is 71.7 Å². The highest BCUT2D eigenvalue weighted by molar-refractivity contribution is 6.22. The molecule has 9 heteroatoms. The first kappa shape index (κ1) is 30.4. The van der Waals surface area contributed by atoms with Crippen LogP contribution in [0.4, 0.5) is 0 Å². The van der Waals surface area contributed by atoms with Crippen LogP contribution in [0.5, 0.6) is 0 Å². The van der Waals surface area contributed by atoms with Crippen molar-refractivity contribution in [2.24, 2.45) is 0 Å². The molecule has 8 nitrogen and oxygen atoms in total. The number of benzene rings is 1. The number of pyridine rings is 1. The van der Waals surface area contributed by atoms with Gasteiger partial charge < -0.3 is 20.4 Å². The maximum atomic E-state index is 12.5. The Hall–Kier alpha value is -3.06. The summed E-state index contributed by atoms with van der Waals surface area (Å²) >= 11 is 6.82. The molecule has 0 spiro atoms. The average Bonchev–Trinajstić information content (AvgIpc) is 3.85. The largest absolute Gasteiger partial charge is 0.395 e. The van der Waals surface area contributed by atoms with Crippen molar-refractivity contribution in [3.63, 3.8) is 0 Å². The van der Waals surface area contributed by atoms with Crippen molar-refractivity contribution in [1.82, 2.24) is 20.1 Å². The summed E-state index contributed by atoms with van der Waals surface area (Å²) in [7, 11) is 0. The summed E-state index contributed by atoms with van der Waals surface area (Å²) in [6, 6.07) is 14.7. The number of aliphatic hydroxyl groups is 2. The summed E-state index contributed by atoms with van der Waals surface area (Å²) in [6.45, 7) is 5.32. The van der Waals surface area contributed by atoms with Crippen molar-refractivity contribution in [2.45, 2.75) is 55.5 Å². The number of aromatic nitrogens is 1. The molecule has 5 rings (SSSR count). The molecule has 1 aromatic heterocycles. The van der Waals surface area contributed by atoms with Crippen LogP contribution in [0.25, 0.3) is 0 Å².